The number of nitro groups is 1. The summed E-state index contributed by atoms with van der Waals surface area (Å²) >= 11 is 0. The Hall–Kier alpha value is -3.42. The van der Waals surface area contributed by atoms with Gasteiger partial charge in [-0.15, -0.1) is 0 Å². The Morgan fingerprint density at radius 2 is 1.84 bits per heavy atom. The lowest BCUT2D eigenvalue weighted by Gasteiger charge is -2.14. The fourth-order valence-corrected chi connectivity index (χ4v) is 2.57. The van der Waals surface area contributed by atoms with Gasteiger partial charge >= 0.3 is 6.03 Å². The number of benzene rings is 2. The van der Waals surface area contributed by atoms with E-state index in [0.717, 1.165) is 5.69 Å². The molecule has 0 unspecified atom stereocenters. The van der Waals surface area contributed by atoms with Crippen LogP contribution in [0.25, 0.3) is 0 Å². The highest BCUT2D eigenvalue weighted by Crippen LogP contribution is 2.20. The van der Waals surface area contributed by atoms with Crippen molar-refractivity contribution in [3.05, 3.63) is 64.2 Å². The standard InChI is InChI=1S/C17H16N4O4/c22-16(11-12-1-5-15(6-2-12)21(24)25)19-13-3-7-14(8-4-13)20-10-9-18-17(20)23/h1-8H,9-11H2,(H,18,23)(H,19,22). The second kappa shape index (κ2) is 7.00. The van der Waals surface area contributed by atoms with Crippen molar-refractivity contribution in [2.45, 2.75) is 6.42 Å². The molecule has 2 N–H and O–H groups in total. The maximum absolute atomic E-state index is 12.1. The molecule has 3 amide bonds. The number of carbonyl (C=O) groups is 2. The lowest BCUT2D eigenvalue weighted by molar-refractivity contribution is -0.384. The van der Waals surface area contributed by atoms with Crippen LogP contribution in [-0.2, 0) is 11.2 Å². The molecule has 0 radical (unpaired) electrons. The molecule has 1 aliphatic rings. The van der Waals surface area contributed by atoms with Crippen molar-refractivity contribution in [2.24, 2.45) is 0 Å². The van der Waals surface area contributed by atoms with E-state index in [1.165, 1.54) is 12.1 Å². The minimum Gasteiger partial charge on any atom is -0.336 e. The number of urea groups is 1. The topological polar surface area (TPSA) is 105 Å². The number of nitrogens with one attached hydrogen (secondary N) is 2. The normalized spacial score (nSPS) is 13.4. The first-order chi connectivity index (χ1) is 12.0. The average Bonchev–Trinajstić information content (AvgIpc) is 3.02. The second-order valence-corrected chi connectivity index (χ2v) is 5.58. The third-order valence-corrected chi connectivity index (χ3v) is 3.83. The predicted octanol–water partition coefficient (Wildman–Crippen LogP) is 2.31. The first-order valence-electron chi connectivity index (χ1n) is 7.71. The van der Waals surface area contributed by atoms with Gasteiger partial charge in [0.05, 0.1) is 11.3 Å². The molecule has 3 rings (SSSR count). The van der Waals surface area contributed by atoms with Crippen LogP contribution in [0, 0.1) is 10.1 Å². The monoisotopic (exact) mass is 340 g/mol. The molecular weight excluding hydrogens is 324 g/mol. The molecule has 128 valence electrons. The van der Waals surface area contributed by atoms with E-state index in [1.54, 1.807) is 41.3 Å². The Bertz CT molecular complexity index is 802. The molecule has 1 fully saturated rings. The lowest BCUT2D eigenvalue weighted by atomic mass is 10.1. The third-order valence-electron chi connectivity index (χ3n) is 3.83. The molecule has 1 heterocycles. The van der Waals surface area contributed by atoms with E-state index in [2.05, 4.69) is 10.6 Å². The maximum atomic E-state index is 12.1. The molecule has 8 heteroatoms. The van der Waals surface area contributed by atoms with Crippen LogP contribution in [0.3, 0.4) is 0 Å². The molecule has 0 atom stereocenters. The van der Waals surface area contributed by atoms with Crippen LogP contribution < -0.4 is 15.5 Å². The number of amides is 3. The Balaban J connectivity index is 1.59. The fraction of sp³-hybridized carbons (Fsp3) is 0.176. The number of nitrogens with zero attached hydrogens (tertiary/aromatic N) is 2. The van der Waals surface area contributed by atoms with Gasteiger partial charge in [0, 0.05) is 36.6 Å². The van der Waals surface area contributed by atoms with Crippen LogP contribution in [0.2, 0.25) is 0 Å². The van der Waals surface area contributed by atoms with Gasteiger partial charge in [-0.25, -0.2) is 4.79 Å². The van der Waals surface area contributed by atoms with Crippen LogP contribution in [0.1, 0.15) is 5.56 Å². The molecular formula is C17H16N4O4. The van der Waals surface area contributed by atoms with Crippen LogP contribution in [0.4, 0.5) is 21.9 Å². The minimum absolute atomic E-state index is 0.00861. The molecule has 25 heavy (non-hydrogen) atoms. The summed E-state index contributed by atoms with van der Waals surface area (Å²) in [7, 11) is 0. The van der Waals surface area contributed by atoms with Gasteiger partial charge in [-0.2, -0.15) is 0 Å². The Morgan fingerprint density at radius 3 is 2.40 bits per heavy atom. The summed E-state index contributed by atoms with van der Waals surface area (Å²) < 4.78 is 0. The van der Waals surface area contributed by atoms with Crippen molar-refractivity contribution >= 4 is 29.0 Å². The Morgan fingerprint density at radius 1 is 1.16 bits per heavy atom. The van der Waals surface area contributed by atoms with Gasteiger partial charge in [0.1, 0.15) is 0 Å². The Kier molecular flexibility index (Phi) is 4.60. The molecule has 1 saturated heterocycles. The quantitative estimate of drug-likeness (QED) is 0.643. The van der Waals surface area contributed by atoms with Crippen molar-refractivity contribution < 1.29 is 14.5 Å². The van der Waals surface area contributed by atoms with Gasteiger partial charge in [0.2, 0.25) is 5.91 Å². The number of nitro benzene ring substituents is 1. The Labute approximate surface area is 143 Å². The van der Waals surface area contributed by atoms with Crippen molar-refractivity contribution in [3.63, 3.8) is 0 Å². The molecule has 2 aromatic rings. The van der Waals surface area contributed by atoms with Crippen LogP contribution in [-0.4, -0.2) is 30.0 Å². The summed E-state index contributed by atoms with van der Waals surface area (Å²) in [4.78, 5) is 35.4. The van der Waals surface area contributed by atoms with Crippen LogP contribution in [0.5, 0.6) is 0 Å². The van der Waals surface area contributed by atoms with E-state index in [4.69, 9.17) is 0 Å². The van der Waals surface area contributed by atoms with Gasteiger partial charge in [0.25, 0.3) is 5.69 Å². The molecule has 2 aromatic carbocycles. The molecule has 0 spiro atoms. The SMILES string of the molecule is O=C(Cc1ccc([N+](=O)[O-])cc1)Nc1ccc(N2CCNC2=O)cc1. The summed E-state index contributed by atoms with van der Waals surface area (Å²) in [5.41, 5.74) is 2.07. The highest BCUT2D eigenvalue weighted by molar-refractivity contribution is 5.95. The summed E-state index contributed by atoms with van der Waals surface area (Å²) in [6, 6.07) is 12.7. The fourth-order valence-electron chi connectivity index (χ4n) is 2.57. The zero-order valence-corrected chi connectivity index (χ0v) is 13.3. The third kappa shape index (κ3) is 3.92. The number of hydrogen-bond donors (Lipinski definition) is 2. The van der Waals surface area contributed by atoms with E-state index >= 15 is 0 Å². The van der Waals surface area contributed by atoms with Crippen molar-refractivity contribution in [1.29, 1.82) is 0 Å². The summed E-state index contributed by atoms with van der Waals surface area (Å²) in [5.74, 6) is -0.222. The van der Waals surface area contributed by atoms with E-state index in [9.17, 15) is 19.7 Å². The minimum atomic E-state index is -0.480. The number of rotatable bonds is 5. The van der Waals surface area contributed by atoms with E-state index in [-0.39, 0.29) is 24.0 Å². The number of non-ortho nitro benzene ring substituents is 1. The van der Waals surface area contributed by atoms with E-state index < -0.39 is 4.92 Å². The molecule has 0 saturated carbocycles. The van der Waals surface area contributed by atoms with Gasteiger partial charge in [-0.1, -0.05) is 12.1 Å². The largest absolute Gasteiger partial charge is 0.336 e. The first kappa shape index (κ1) is 16.4. The zero-order valence-electron chi connectivity index (χ0n) is 13.3. The van der Waals surface area contributed by atoms with Crippen molar-refractivity contribution in [1.82, 2.24) is 5.32 Å². The van der Waals surface area contributed by atoms with Crippen molar-refractivity contribution in [3.8, 4) is 0 Å². The number of anilines is 2. The van der Waals surface area contributed by atoms with Crippen LogP contribution >= 0.6 is 0 Å². The van der Waals surface area contributed by atoms with Gasteiger partial charge < -0.3 is 10.6 Å². The van der Waals surface area contributed by atoms with Gasteiger partial charge in [0.15, 0.2) is 0 Å². The number of hydrogen-bond acceptors (Lipinski definition) is 4. The average molecular weight is 340 g/mol. The van der Waals surface area contributed by atoms with Gasteiger partial charge in [-0.3, -0.25) is 19.8 Å². The lowest BCUT2D eigenvalue weighted by Crippen LogP contribution is -2.27. The molecule has 0 aromatic heterocycles. The smallest absolute Gasteiger partial charge is 0.321 e. The highest BCUT2D eigenvalue weighted by atomic mass is 16.6. The molecule has 0 aliphatic carbocycles. The van der Waals surface area contributed by atoms with Crippen molar-refractivity contribution in [2.75, 3.05) is 23.3 Å². The van der Waals surface area contributed by atoms with Crippen LogP contribution in [0.15, 0.2) is 48.5 Å². The summed E-state index contributed by atoms with van der Waals surface area (Å²) in [6.07, 6.45) is 0.119. The van der Waals surface area contributed by atoms with E-state index in [0.29, 0.717) is 24.3 Å². The predicted molar refractivity (Wildman–Crippen MR) is 92.6 cm³/mol. The zero-order chi connectivity index (χ0) is 17.8. The number of carbonyl (C=O) groups excluding carboxylic acids is 2. The molecule has 0 bridgehead atoms. The first-order valence-corrected chi connectivity index (χ1v) is 7.71. The summed E-state index contributed by atoms with van der Waals surface area (Å²) in [5, 5.41) is 16.1. The molecule has 1 aliphatic heterocycles. The maximum Gasteiger partial charge on any atom is 0.321 e. The van der Waals surface area contributed by atoms with E-state index in [1.807, 2.05) is 0 Å². The summed E-state index contributed by atoms with van der Waals surface area (Å²) in [6.45, 7) is 1.23. The highest BCUT2D eigenvalue weighted by Gasteiger charge is 2.20. The second-order valence-electron chi connectivity index (χ2n) is 5.58. The van der Waals surface area contributed by atoms with Gasteiger partial charge in [-0.05, 0) is 29.8 Å². The molecule has 8 nitrogen and oxygen atoms in total.